The van der Waals surface area contributed by atoms with Crippen molar-refractivity contribution in [2.75, 3.05) is 32.3 Å². The zero-order chi connectivity index (χ0) is 35.8. The molecule has 2 aromatic heterocycles. The minimum Gasteiger partial charge on any atom is -0.497 e. The highest BCUT2D eigenvalue weighted by molar-refractivity contribution is 5.67. The Bertz CT molecular complexity index is 2080. The quantitative estimate of drug-likeness (QED) is 0.160. The fraction of sp³-hybridized carbons (Fsp3) is 0.289. The number of carbonyl (C=O) groups excluding carboxylic acids is 1. The largest absolute Gasteiger partial charge is 0.497 e. The molecule has 2 fully saturated rings. The van der Waals surface area contributed by atoms with Crippen LogP contribution >= 0.6 is 0 Å². The number of carbonyl (C=O) groups is 1. The SMILES string of the molecule is COc1ccc(C(OC[C@@]23CN(c4ncccn4)[C@@H]([C@H](n4cc(C)c(=O)[nH]c4=O)O2)[C@@H]3OC(C)=O)(c2ccccc2)c2ccc(OC)cc2)cc1. The zero-order valence-corrected chi connectivity index (χ0v) is 28.5. The highest BCUT2D eigenvalue weighted by atomic mass is 16.6. The van der Waals surface area contributed by atoms with E-state index in [1.54, 1.807) is 39.6 Å². The van der Waals surface area contributed by atoms with Crippen LogP contribution < -0.4 is 25.6 Å². The number of hydrogen-bond donors (Lipinski definition) is 1. The Balaban J connectivity index is 1.41. The molecular formula is C38H37N5O8. The number of anilines is 1. The van der Waals surface area contributed by atoms with Crippen LogP contribution in [0.1, 0.15) is 35.4 Å². The molecular weight excluding hydrogens is 654 g/mol. The van der Waals surface area contributed by atoms with Crippen LogP contribution in [0.4, 0.5) is 5.95 Å². The number of hydrogen-bond acceptors (Lipinski definition) is 11. The summed E-state index contributed by atoms with van der Waals surface area (Å²) in [7, 11) is 3.21. The fourth-order valence-corrected chi connectivity index (χ4v) is 7.14. The van der Waals surface area contributed by atoms with Crippen LogP contribution in [-0.2, 0) is 24.6 Å². The topological polar surface area (TPSA) is 147 Å². The molecule has 0 radical (unpaired) electrons. The Labute approximate surface area is 293 Å². The van der Waals surface area contributed by atoms with Crippen LogP contribution in [0, 0.1) is 6.92 Å². The van der Waals surface area contributed by atoms with Gasteiger partial charge in [0.15, 0.2) is 17.9 Å². The number of ether oxygens (including phenoxy) is 5. The first kappa shape index (κ1) is 33.7. The molecule has 3 aromatic carbocycles. The maximum Gasteiger partial charge on any atom is 0.330 e. The van der Waals surface area contributed by atoms with E-state index in [4.69, 9.17) is 23.7 Å². The van der Waals surface area contributed by atoms with Crippen molar-refractivity contribution in [2.45, 2.75) is 43.4 Å². The van der Waals surface area contributed by atoms with Crippen molar-refractivity contribution in [2.24, 2.45) is 0 Å². The lowest BCUT2D eigenvalue weighted by atomic mass is 9.79. The Morgan fingerprint density at radius 1 is 0.902 bits per heavy atom. The summed E-state index contributed by atoms with van der Waals surface area (Å²) < 4.78 is 32.5. The van der Waals surface area contributed by atoms with Gasteiger partial charge in [0.25, 0.3) is 5.56 Å². The second kappa shape index (κ2) is 13.5. The molecule has 0 aliphatic carbocycles. The first-order valence-electron chi connectivity index (χ1n) is 16.4. The van der Waals surface area contributed by atoms with Crippen molar-refractivity contribution in [1.82, 2.24) is 19.5 Å². The van der Waals surface area contributed by atoms with E-state index in [1.165, 1.54) is 17.7 Å². The van der Waals surface area contributed by atoms with Gasteiger partial charge in [-0.15, -0.1) is 0 Å². The molecule has 7 rings (SSSR count). The molecule has 0 amide bonds. The van der Waals surface area contributed by atoms with Crippen molar-refractivity contribution >= 4 is 11.9 Å². The second-order valence-corrected chi connectivity index (χ2v) is 12.5. The molecule has 51 heavy (non-hydrogen) atoms. The molecule has 0 spiro atoms. The van der Waals surface area contributed by atoms with Gasteiger partial charge < -0.3 is 28.6 Å². The summed E-state index contributed by atoms with van der Waals surface area (Å²) in [5.74, 6) is 1.15. The number of H-pyrrole nitrogens is 1. The molecule has 4 heterocycles. The van der Waals surface area contributed by atoms with Gasteiger partial charge in [0.1, 0.15) is 23.1 Å². The van der Waals surface area contributed by atoms with Gasteiger partial charge in [-0.3, -0.25) is 19.1 Å². The number of rotatable bonds is 11. The number of nitrogens with one attached hydrogen (secondary N) is 1. The Morgan fingerprint density at radius 3 is 2.06 bits per heavy atom. The number of methoxy groups -OCH3 is 2. The summed E-state index contributed by atoms with van der Waals surface area (Å²) in [6, 6.07) is 26.0. The molecule has 13 heteroatoms. The second-order valence-electron chi connectivity index (χ2n) is 12.5. The summed E-state index contributed by atoms with van der Waals surface area (Å²) in [6.45, 7) is 2.96. The number of aromatic nitrogens is 4. The third kappa shape index (κ3) is 5.93. The monoisotopic (exact) mass is 691 g/mol. The summed E-state index contributed by atoms with van der Waals surface area (Å²) in [6.07, 6.45) is 2.70. The van der Waals surface area contributed by atoms with E-state index in [9.17, 15) is 14.4 Å². The molecule has 2 saturated heterocycles. The lowest BCUT2D eigenvalue weighted by molar-refractivity contribution is -0.175. The van der Waals surface area contributed by atoms with Gasteiger partial charge in [-0.25, -0.2) is 14.8 Å². The van der Waals surface area contributed by atoms with Gasteiger partial charge in [0.05, 0.1) is 27.4 Å². The van der Waals surface area contributed by atoms with Crippen molar-refractivity contribution in [3.63, 3.8) is 0 Å². The average molecular weight is 692 g/mol. The van der Waals surface area contributed by atoms with Gasteiger partial charge in [-0.1, -0.05) is 54.6 Å². The molecule has 2 aliphatic heterocycles. The van der Waals surface area contributed by atoms with Crippen LogP contribution in [0.5, 0.6) is 11.5 Å². The first-order chi connectivity index (χ1) is 24.7. The Morgan fingerprint density at radius 2 is 1.49 bits per heavy atom. The van der Waals surface area contributed by atoms with E-state index in [0.29, 0.717) is 23.0 Å². The Hall–Kier alpha value is -5.79. The molecule has 4 atom stereocenters. The fourth-order valence-electron chi connectivity index (χ4n) is 7.14. The maximum absolute atomic E-state index is 13.3. The lowest BCUT2D eigenvalue weighted by Crippen LogP contribution is -2.52. The standard InChI is InChI=1S/C38H37N5O8/c1-24-21-42(36(46)41-33(24)45)34-31-32(50-25(2)44)37(51-34,22-43(31)35-39-19-8-20-40-35)23-49-38(26-9-6-5-7-10-26,27-11-15-29(47-3)16-12-27)28-13-17-30(48-4)18-14-28/h5-21,31-32,34H,22-23H2,1-4H3,(H,41,45,46)/t31-,32+,34-,37-/m1/s1. The maximum atomic E-state index is 13.3. The number of fused-ring (bicyclic) bond motifs is 2. The van der Waals surface area contributed by atoms with Crippen molar-refractivity contribution in [3.8, 4) is 11.5 Å². The zero-order valence-electron chi connectivity index (χ0n) is 28.5. The van der Waals surface area contributed by atoms with Gasteiger partial charge in [0.2, 0.25) is 5.95 Å². The van der Waals surface area contributed by atoms with E-state index in [2.05, 4.69) is 15.0 Å². The summed E-state index contributed by atoms with van der Waals surface area (Å²) >= 11 is 0. The number of aryl methyl sites for hydroxylation is 1. The molecule has 262 valence electrons. The van der Waals surface area contributed by atoms with E-state index in [1.807, 2.05) is 83.8 Å². The average Bonchev–Trinajstić information content (AvgIpc) is 3.62. The molecule has 2 aliphatic rings. The van der Waals surface area contributed by atoms with Crippen LogP contribution in [0.15, 0.2) is 113 Å². The third-order valence-electron chi connectivity index (χ3n) is 9.50. The Kier molecular flexibility index (Phi) is 8.92. The van der Waals surface area contributed by atoms with Gasteiger partial charge in [-0.2, -0.15) is 0 Å². The molecule has 5 aromatic rings. The van der Waals surface area contributed by atoms with E-state index < -0.39 is 46.8 Å². The first-order valence-corrected chi connectivity index (χ1v) is 16.4. The van der Waals surface area contributed by atoms with Crippen LogP contribution in [0.25, 0.3) is 0 Å². The highest BCUT2D eigenvalue weighted by Crippen LogP contribution is 2.51. The number of benzene rings is 3. The van der Waals surface area contributed by atoms with Crippen LogP contribution in [0.2, 0.25) is 0 Å². The van der Waals surface area contributed by atoms with Crippen molar-refractivity contribution < 1.29 is 28.5 Å². The smallest absolute Gasteiger partial charge is 0.330 e. The van der Waals surface area contributed by atoms with Crippen LogP contribution in [0.3, 0.4) is 0 Å². The minimum atomic E-state index is -1.34. The summed E-state index contributed by atoms with van der Waals surface area (Å²) in [5.41, 5.74) is -1.05. The summed E-state index contributed by atoms with van der Waals surface area (Å²) in [5, 5.41) is 0. The number of esters is 1. The third-order valence-corrected chi connectivity index (χ3v) is 9.50. The van der Waals surface area contributed by atoms with E-state index in [0.717, 1.165) is 16.7 Å². The van der Waals surface area contributed by atoms with Crippen molar-refractivity contribution in [3.05, 3.63) is 147 Å². The van der Waals surface area contributed by atoms with Gasteiger partial charge in [0, 0.05) is 31.1 Å². The number of nitrogens with zero attached hydrogens (tertiary/aromatic N) is 4. The molecule has 0 unspecified atom stereocenters. The number of morpholine rings is 1. The minimum absolute atomic E-state index is 0.120. The molecule has 2 bridgehead atoms. The predicted molar refractivity (Wildman–Crippen MR) is 186 cm³/mol. The van der Waals surface area contributed by atoms with E-state index >= 15 is 0 Å². The predicted octanol–water partition coefficient (Wildman–Crippen LogP) is 3.75. The van der Waals surface area contributed by atoms with Crippen LogP contribution in [-0.4, -0.2) is 70.6 Å². The summed E-state index contributed by atoms with van der Waals surface area (Å²) in [4.78, 5) is 51.7. The van der Waals surface area contributed by atoms with Gasteiger partial charge in [-0.05, 0) is 53.9 Å². The normalized spacial score (nSPS) is 21.0. The molecule has 13 nitrogen and oxygen atoms in total. The number of aromatic amines is 1. The van der Waals surface area contributed by atoms with Crippen molar-refractivity contribution in [1.29, 1.82) is 0 Å². The lowest BCUT2D eigenvalue weighted by Gasteiger charge is -2.41. The van der Waals surface area contributed by atoms with Gasteiger partial charge >= 0.3 is 11.7 Å². The molecule has 0 saturated carbocycles. The highest BCUT2D eigenvalue weighted by Gasteiger charge is 2.68. The van der Waals surface area contributed by atoms with E-state index in [-0.39, 0.29) is 13.2 Å². The molecule has 1 N–H and O–H groups in total.